The molecule has 138 valence electrons. The van der Waals surface area contributed by atoms with Crippen LogP contribution >= 0.6 is 23.2 Å². The van der Waals surface area contributed by atoms with Crippen molar-refractivity contribution in [1.29, 1.82) is 0 Å². The van der Waals surface area contributed by atoms with Gasteiger partial charge in [-0.2, -0.15) is 0 Å². The molecule has 1 aliphatic rings. The molecule has 1 fully saturated rings. The molecule has 0 unspecified atom stereocenters. The molecule has 27 heavy (non-hydrogen) atoms. The highest BCUT2D eigenvalue weighted by Crippen LogP contribution is 2.34. The summed E-state index contributed by atoms with van der Waals surface area (Å²) in [5, 5.41) is 12.0. The van der Waals surface area contributed by atoms with E-state index in [1.165, 1.54) is 49.6 Å². The number of imide groups is 2. The second-order valence-electron chi connectivity index (χ2n) is 5.48. The van der Waals surface area contributed by atoms with Gasteiger partial charge in [0.05, 0.1) is 17.8 Å². The van der Waals surface area contributed by atoms with Crippen LogP contribution in [0.15, 0.2) is 42.0 Å². The molecule has 1 heterocycles. The van der Waals surface area contributed by atoms with Gasteiger partial charge in [-0.05, 0) is 42.5 Å². The lowest BCUT2D eigenvalue weighted by molar-refractivity contribution is -0.122. The molecule has 0 aromatic heterocycles. The zero-order valence-corrected chi connectivity index (χ0v) is 15.3. The number of nitrogens with zero attached hydrogens (tertiary/aromatic N) is 1. The number of amides is 4. The van der Waals surface area contributed by atoms with E-state index in [0.717, 1.165) is 4.90 Å². The minimum atomic E-state index is -0.899. The van der Waals surface area contributed by atoms with Crippen molar-refractivity contribution in [2.75, 3.05) is 12.0 Å². The number of hydrogen-bond acceptors (Lipinski definition) is 5. The molecule has 0 saturated carbocycles. The molecule has 0 bridgehead atoms. The van der Waals surface area contributed by atoms with Crippen molar-refractivity contribution in [3.63, 3.8) is 0 Å². The van der Waals surface area contributed by atoms with E-state index in [-0.39, 0.29) is 32.8 Å². The summed E-state index contributed by atoms with van der Waals surface area (Å²) >= 11 is 12.1. The maximum atomic E-state index is 12.8. The zero-order valence-electron chi connectivity index (χ0n) is 13.8. The van der Waals surface area contributed by atoms with Gasteiger partial charge in [0.15, 0.2) is 0 Å². The summed E-state index contributed by atoms with van der Waals surface area (Å²) in [5.41, 5.74) is 0.178. The SMILES string of the molecule is COc1c(Cl)cc(Cl)cc1/C=C1\C(=O)NC(=O)N(c2ccc(O)cc2)C1=O. The van der Waals surface area contributed by atoms with Crippen LogP contribution < -0.4 is 15.0 Å². The van der Waals surface area contributed by atoms with E-state index in [2.05, 4.69) is 5.32 Å². The number of ether oxygens (including phenoxy) is 1. The van der Waals surface area contributed by atoms with Crippen molar-refractivity contribution < 1.29 is 24.2 Å². The van der Waals surface area contributed by atoms with Crippen LogP contribution in [0.1, 0.15) is 5.56 Å². The second kappa shape index (κ2) is 7.30. The molecule has 2 aromatic rings. The van der Waals surface area contributed by atoms with Crippen molar-refractivity contribution in [3.05, 3.63) is 57.6 Å². The van der Waals surface area contributed by atoms with E-state index in [0.29, 0.717) is 5.56 Å². The average Bonchev–Trinajstić information content (AvgIpc) is 2.59. The number of phenols is 1. The Balaban J connectivity index is 2.09. The average molecular weight is 407 g/mol. The van der Waals surface area contributed by atoms with Gasteiger partial charge in [0.25, 0.3) is 11.8 Å². The summed E-state index contributed by atoms with van der Waals surface area (Å²) in [4.78, 5) is 38.0. The van der Waals surface area contributed by atoms with Crippen molar-refractivity contribution in [2.45, 2.75) is 0 Å². The predicted octanol–water partition coefficient (Wildman–Crippen LogP) is 3.37. The third-order valence-corrected chi connectivity index (χ3v) is 4.25. The molecule has 0 radical (unpaired) electrons. The summed E-state index contributed by atoms with van der Waals surface area (Å²) < 4.78 is 5.20. The predicted molar refractivity (Wildman–Crippen MR) is 100 cm³/mol. The topological polar surface area (TPSA) is 95.9 Å². The number of urea groups is 1. The van der Waals surface area contributed by atoms with Gasteiger partial charge >= 0.3 is 6.03 Å². The highest BCUT2D eigenvalue weighted by molar-refractivity contribution is 6.40. The number of aromatic hydroxyl groups is 1. The fourth-order valence-corrected chi connectivity index (χ4v) is 3.14. The number of hydrogen-bond donors (Lipinski definition) is 2. The van der Waals surface area contributed by atoms with Crippen molar-refractivity contribution in [2.24, 2.45) is 0 Å². The van der Waals surface area contributed by atoms with Crippen LogP contribution in [0.4, 0.5) is 10.5 Å². The number of halogens is 2. The third kappa shape index (κ3) is 3.60. The van der Waals surface area contributed by atoms with Gasteiger partial charge in [-0.15, -0.1) is 0 Å². The van der Waals surface area contributed by atoms with Crippen LogP contribution in [-0.2, 0) is 9.59 Å². The smallest absolute Gasteiger partial charge is 0.335 e. The summed E-state index contributed by atoms with van der Waals surface area (Å²) in [7, 11) is 1.38. The van der Waals surface area contributed by atoms with Crippen molar-refractivity contribution in [3.8, 4) is 11.5 Å². The Morgan fingerprint density at radius 3 is 2.41 bits per heavy atom. The Morgan fingerprint density at radius 1 is 1.11 bits per heavy atom. The zero-order chi connectivity index (χ0) is 19.7. The molecule has 2 aromatic carbocycles. The van der Waals surface area contributed by atoms with Gasteiger partial charge < -0.3 is 9.84 Å². The molecule has 3 rings (SSSR count). The number of carbonyl (C=O) groups is 3. The number of carbonyl (C=O) groups excluding carboxylic acids is 3. The van der Waals surface area contributed by atoms with Crippen molar-refractivity contribution >= 4 is 52.8 Å². The van der Waals surface area contributed by atoms with Gasteiger partial charge in [0, 0.05) is 10.6 Å². The largest absolute Gasteiger partial charge is 0.508 e. The first-order chi connectivity index (χ1) is 12.8. The van der Waals surface area contributed by atoms with Crippen LogP contribution in [0.5, 0.6) is 11.5 Å². The summed E-state index contributed by atoms with van der Waals surface area (Å²) in [6, 6.07) is 7.41. The molecule has 1 saturated heterocycles. The molecule has 0 atom stereocenters. The van der Waals surface area contributed by atoms with E-state index < -0.39 is 17.8 Å². The standard InChI is InChI=1S/C18H12Cl2N2O5/c1-27-15-9(6-10(19)8-14(15)20)7-13-16(24)21-18(26)22(17(13)25)11-2-4-12(23)5-3-11/h2-8,23H,1H3,(H,21,24,26)/b13-7+. The first kappa shape index (κ1) is 18.8. The Kier molecular flexibility index (Phi) is 5.07. The first-order valence-electron chi connectivity index (χ1n) is 7.55. The van der Waals surface area contributed by atoms with Crippen molar-refractivity contribution in [1.82, 2.24) is 5.32 Å². The number of anilines is 1. The summed E-state index contributed by atoms with van der Waals surface area (Å²) in [6.07, 6.45) is 1.24. The monoisotopic (exact) mass is 406 g/mol. The molecule has 9 heteroatoms. The fraction of sp³-hybridized carbons (Fsp3) is 0.0556. The maximum absolute atomic E-state index is 12.8. The minimum Gasteiger partial charge on any atom is -0.508 e. The van der Waals surface area contributed by atoms with Crippen LogP contribution in [0, 0.1) is 0 Å². The molecule has 0 aliphatic carbocycles. The molecule has 0 spiro atoms. The lowest BCUT2D eigenvalue weighted by Gasteiger charge is -2.26. The molecule has 2 N–H and O–H groups in total. The Morgan fingerprint density at radius 2 is 1.78 bits per heavy atom. The van der Waals surface area contributed by atoms with Crippen LogP contribution in [0.25, 0.3) is 6.08 Å². The third-order valence-electron chi connectivity index (χ3n) is 3.75. The lowest BCUT2D eigenvalue weighted by Crippen LogP contribution is -2.54. The van der Waals surface area contributed by atoms with Gasteiger partial charge in [0.1, 0.15) is 17.1 Å². The van der Waals surface area contributed by atoms with Gasteiger partial charge in [0.2, 0.25) is 0 Å². The molecular formula is C18H12Cl2N2O5. The number of rotatable bonds is 3. The number of nitrogens with one attached hydrogen (secondary N) is 1. The molecule has 1 aliphatic heterocycles. The Bertz CT molecular complexity index is 986. The number of benzene rings is 2. The highest BCUT2D eigenvalue weighted by Gasteiger charge is 2.37. The highest BCUT2D eigenvalue weighted by atomic mass is 35.5. The maximum Gasteiger partial charge on any atom is 0.335 e. The summed E-state index contributed by atoms with van der Waals surface area (Å²) in [5.74, 6) is -1.51. The lowest BCUT2D eigenvalue weighted by atomic mass is 10.1. The van der Waals surface area contributed by atoms with E-state index in [9.17, 15) is 19.5 Å². The Hall–Kier alpha value is -3.03. The fourth-order valence-electron chi connectivity index (χ4n) is 2.55. The van der Waals surface area contributed by atoms with E-state index in [1.807, 2.05) is 0 Å². The van der Waals surface area contributed by atoms with Crippen LogP contribution in [-0.4, -0.2) is 30.1 Å². The molecular weight excluding hydrogens is 395 g/mol. The van der Waals surface area contributed by atoms with Gasteiger partial charge in [-0.1, -0.05) is 23.2 Å². The van der Waals surface area contributed by atoms with Gasteiger partial charge in [-0.25, -0.2) is 9.69 Å². The normalized spacial score (nSPS) is 15.9. The summed E-state index contributed by atoms with van der Waals surface area (Å²) in [6.45, 7) is 0. The van der Waals surface area contributed by atoms with E-state index in [1.54, 1.807) is 0 Å². The molecule has 4 amide bonds. The number of methoxy groups -OCH3 is 1. The van der Waals surface area contributed by atoms with Gasteiger partial charge in [-0.3, -0.25) is 14.9 Å². The minimum absolute atomic E-state index is 0.0336. The quantitative estimate of drug-likeness (QED) is 0.601. The Labute approximate surface area is 163 Å². The van der Waals surface area contributed by atoms with E-state index in [4.69, 9.17) is 27.9 Å². The molecule has 7 nitrogen and oxygen atoms in total. The van der Waals surface area contributed by atoms with Crippen LogP contribution in [0.2, 0.25) is 10.0 Å². The number of barbiturate groups is 1. The first-order valence-corrected chi connectivity index (χ1v) is 8.31. The van der Waals surface area contributed by atoms with E-state index >= 15 is 0 Å². The number of phenolic OH excluding ortho intramolecular Hbond substituents is 1. The van der Waals surface area contributed by atoms with Crippen LogP contribution in [0.3, 0.4) is 0 Å². The second-order valence-corrected chi connectivity index (χ2v) is 6.33.